The number of carbonyl (C=O) groups excluding carboxylic acids is 2. The first kappa shape index (κ1) is 17.0. The molecule has 1 heterocycles. The van der Waals surface area contributed by atoms with Crippen molar-refractivity contribution in [1.29, 1.82) is 0 Å². The van der Waals surface area contributed by atoms with Crippen LogP contribution in [-0.4, -0.2) is 43.7 Å². The van der Waals surface area contributed by atoms with E-state index >= 15 is 0 Å². The molecule has 2 rings (SSSR count). The third-order valence-electron chi connectivity index (χ3n) is 4.00. The van der Waals surface area contributed by atoms with Crippen LogP contribution < -0.4 is 21.3 Å². The smallest absolute Gasteiger partial charge is 0.315 e. The topological polar surface area (TPSA) is 82.3 Å². The van der Waals surface area contributed by atoms with Gasteiger partial charge in [0.2, 0.25) is 5.91 Å². The van der Waals surface area contributed by atoms with Crippen molar-refractivity contribution in [3.63, 3.8) is 0 Å². The average molecular weight is 305 g/mol. The highest BCUT2D eigenvalue weighted by Gasteiger charge is 2.42. The first-order chi connectivity index (χ1) is 9.16. The number of hydrogen-bond donors (Lipinski definition) is 4. The van der Waals surface area contributed by atoms with Crippen LogP contribution in [0.2, 0.25) is 0 Å². The van der Waals surface area contributed by atoms with Crippen LogP contribution in [0.3, 0.4) is 0 Å². The van der Waals surface area contributed by atoms with E-state index in [0.717, 1.165) is 38.8 Å². The molecule has 0 radical (unpaired) electrons. The van der Waals surface area contributed by atoms with E-state index in [4.69, 9.17) is 0 Å². The summed E-state index contributed by atoms with van der Waals surface area (Å²) in [4.78, 5) is 24.1. The summed E-state index contributed by atoms with van der Waals surface area (Å²) in [7, 11) is 0. The largest absolute Gasteiger partial charge is 0.354 e. The number of hydrogen-bond acceptors (Lipinski definition) is 3. The standard InChI is InChI=1S/C13H24N4O2.ClH/c1-2-15-12(19)17-13(5-3-4-6-13)11(18)16-9-10-7-14-8-10;/h10,14H,2-9H2,1H3,(H,16,18)(H2,15,17,19);1H. The number of halogens is 1. The molecule has 1 aliphatic heterocycles. The molecular formula is C13H25ClN4O2. The molecule has 1 aliphatic carbocycles. The second kappa shape index (κ2) is 7.69. The van der Waals surface area contributed by atoms with E-state index in [1.54, 1.807) is 0 Å². The number of nitrogens with one attached hydrogen (secondary N) is 4. The van der Waals surface area contributed by atoms with E-state index in [1.807, 2.05) is 6.92 Å². The van der Waals surface area contributed by atoms with Crippen LogP contribution in [-0.2, 0) is 4.79 Å². The summed E-state index contributed by atoms with van der Waals surface area (Å²) >= 11 is 0. The zero-order chi connectivity index (χ0) is 13.7. The molecule has 0 spiro atoms. The van der Waals surface area contributed by atoms with E-state index in [2.05, 4.69) is 21.3 Å². The Kier molecular flexibility index (Phi) is 6.55. The summed E-state index contributed by atoms with van der Waals surface area (Å²) in [5.74, 6) is 0.509. The quantitative estimate of drug-likeness (QED) is 0.592. The number of urea groups is 1. The zero-order valence-electron chi connectivity index (χ0n) is 12.0. The lowest BCUT2D eigenvalue weighted by Crippen LogP contribution is -2.60. The Hall–Kier alpha value is -1.01. The molecule has 0 aromatic rings. The van der Waals surface area contributed by atoms with Gasteiger partial charge in [0.15, 0.2) is 0 Å². The highest BCUT2D eigenvalue weighted by molar-refractivity contribution is 5.91. The molecule has 1 saturated heterocycles. The van der Waals surface area contributed by atoms with Crippen LogP contribution in [0, 0.1) is 5.92 Å². The van der Waals surface area contributed by atoms with Gasteiger partial charge in [0.1, 0.15) is 5.54 Å². The summed E-state index contributed by atoms with van der Waals surface area (Å²) in [6, 6.07) is -0.245. The normalized spacial score (nSPS) is 20.4. The maximum atomic E-state index is 12.4. The molecular weight excluding hydrogens is 280 g/mol. The fraction of sp³-hybridized carbons (Fsp3) is 0.846. The molecule has 4 N–H and O–H groups in total. The molecule has 6 nitrogen and oxygen atoms in total. The average Bonchev–Trinajstić information content (AvgIpc) is 2.76. The van der Waals surface area contributed by atoms with Crippen LogP contribution >= 0.6 is 12.4 Å². The van der Waals surface area contributed by atoms with Gasteiger partial charge in [0.25, 0.3) is 0 Å². The molecule has 2 aliphatic rings. The Morgan fingerprint density at radius 1 is 1.20 bits per heavy atom. The molecule has 3 amide bonds. The number of rotatable bonds is 5. The van der Waals surface area contributed by atoms with E-state index in [-0.39, 0.29) is 24.3 Å². The highest BCUT2D eigenvalue weighted by Crippen LogP contribution is 2.30. The van der Waals surface area contributed by atoms with Crippen molar-refractivity contribution >= 4 is 24.3 Å². The minimum atomic E-state index is -0.698. The Morgan fingerprint density at radius 3 is 2.35 bits per heavy atom. The van der Waals surface area contributed by atoms with Gasteiger partial charge < -0.3 is 21.3 Å². The molecule has 20 heavy (non-hydrogen) atoms. The van der Waals surface area contributed by atoms with Crippen molar-refractivity contribution in [1.82, 2.24) is 21.3 Å². The second-order valence-corrected chi connectivity index (χ2v) is 5.51. The summed E-state index contributed by atoms with van der Waals surface area (Å²) < 4.78 is 0. The van der Waals surface area contributed by atoms with Gasteiger partial charge in [-0.05, 0) is 19.8 Å². The third-order valence-corrected chi connectivity index (χ3v) is 4.00. The Morgan fingerprint density at radius 2 is 1.85 bits per heavy atom. The predicted octanol–water partition coefficient (Wildman–Crippen LogP) is 0.376. The van der Waals surface area contributed by atoms with Crippen molar-refractivity contribution in [3.05, 3.63) is 0 Å². The SMILES string of the molecule is CCNC(=O)NC1(C(=O)NCC2CNC2)CCCC1.Cl. The first-order valence-corrected chi connectivity index (χ1v) is 7.21. The van der Waals surface area contributed by atoms with Crippen molar-refractivity contribution in [2.45, 2.75) is 38.1 Å². The van der Waals surface area contributed by atoms with Gasteiger partial charge >= 0.3 is 6.03 Å². The van der Waals surface area contributed by atoms with E-state index in [0.29, 0.717) is 19.0 Å². The maximum Gasteiger partial charge on any atom is 0.315 e. The molecule has 0 aromatic heterocycles. The molecule has 0 bridgehead atoms. The Balaban J connectivity index is 0.00000200. The van der Waals surface area contributed by atoms with E-state index < -0.39 is 5.54 Å². The minimum absolute atomic E-state index is 0. The van der Waals surface area contributed by atoms with Crippen LogP contribution in [0.4, 0.5) is 4.79 Å². The number of amides is 3. The van der Waals surface area contributed by atoms with Crippen molar-refractivity contribution < 1.29 is 9.59 Å². The molecule has 7 heteroatoms. The van der Waals surface area contributed by atoms with Crippen LogP contribution in [0.5, 0.6) is 0 Å². The lowest BCUT2D eigenvalue weighted by atomic mass is 9.95. The van der Waals surface area contributed by atoms with E-state index in [9.17, 15) is 9.59 Å². The molecule has 0 aromatic carbocycles. The third kappa shape index (κ3) is 3.99. The van der Waals surface area contributed by atoms with Crippen LogP contribution in [0.15, 0.2) is 0 Å². The lowest BCUT2D eigenvalue weighted by Gasteiger charge is -2.32. The maximum absolute atomic E-state index is 12.4. The molecule has 1 saturated carbocycles. The van der Waals surface area contributed by atoms with Crippen LogP contribution in [0.25, 0.3) is 0 Å². The molecule has 0 atom stereocenters. The summed E-state index contributed by atoms with van der Waals surface area (Å²) in [6.45, 7) is 5.07. The molecule has 0 unspecified atom stereocenters. The monoisotopic (exact) mass is 304 g/mol. The van der Waals surface area contributed by atoms with Gasteiger partial charge in [-0.25, -0.2) is 4.79 Å². The first-order valence-electron chi connectivity index (χ1n) is 7.21. The van der Waals surface area contributed by atoms with Gasteiger partial charge in [0, 0.05) is 32.1 Å². The van der Waals surface area contributed by atoms with Crippen molar-refractivity contribution in [2.75, 3.05) is 26.2 Å². The molecule has 2 fully saturated rings. The minimum Gasteiger partial charge on any atom is -0.354 e. The fourth-order valence-corrected chi connectivity index (χ4v) is 2.71. The number of carbonyl (C=O) groups is 2. The Bertz CT molecular complexity index is 341. The van der Waals surface area contributed by atoms with Gasteiger partial charge in [-0.2, -0.15) is 0 Å². The van der Waals surface area contributed by atoms with Gasteiger partial charge in [-0.3, -0.25) is 4.79 Å². The zero-order valence-corrected chi connectivity index (χ0v) is 12.8. The van der Waals surface area contributed by atoms with Crippen molar-refractivity contribution in [3.8, 4) is 0 Å². The predicted molar refractivity (Wildman–Crippen MR) is 80.0 cm³/mol. The van der Waals surface area contributed by atoms with Crippen molar-refractivity contribution in [2.24, 2.45) is 5.92 Å². The van der Waals surface area contributed by atoms with Crippen LogP contribution in [0.1, 0.15) is 32.6 Å². The van der Waals surface area contributed by atoms with Gasteiger partial charge in [-0.15, -0.1) is 12.4 Å². The Labute approximate surface area is 126 Å². The van der Waals surface area contributed by atoms with Gasteiger partial charge in [0.05, 0.1) is 0 Å². The van der Waals surface area contributed by atoms with E-state index in [1.165, 1.54) is 0 Å². The lowest BCUT2D eigenvalue weighted by molar-refractivity contribution is -0.127. The highest BCUT2D eigenvalue weighted by atomic mass is 35.5. The molecule has 116 valence electrons. The summed E-state index contributed by atoms with van der Waals surface area (Å²) in [6.07, 6.45) is 3.45. The fourth-order valence-electron chi connectivity index (χ4n) is 2.71. The summed E-state index contributed by atoms with van der Waals surface area (Å²) in [5, 5.41) is 11.7. The summed E-state index contributed by atoms with van der Waals surface area (Å²) in [5.41, 5.74) is -0.698. The van der Waals surface area contributed by atoms with Gasteiger partial charge in [-0.1, -0.05) is 12.8 Å². The second-order valence-electron chi connectivity index (χ2n) is 5.51.